The lowest BCUT2D eigenvalue weighted by molar-refractivity contribution is -0.137. The number of methoxy groups -OCH3 is 2. The third-order valence-corrected chi connectivity index (χ3v) is 3.10. The smallest absolute Gasteiger partial charge is 0.354 e. The third-order valence-electron chi connectivity index (χ3n) is 3.10. The van der Waals surface area contributed by atoms with Gasteiger partial charge in [0, 0.05) is 0 Å². The lowest BCUT2D eigenvalue weighted by atomic mass is 10.2. The third kappa shape index (κ3) is 5.26. The number of ether oxygens (including phenoxy) is 2. The molecular weight excluding hydrogens is 342 g/mol. The Bertz CT molecular complexity index is 721. The summed E-state index contributed by atoms with van der Waals surface area (Å²) in [4.78, 5) is 51.3. The van der Waals surface area contributed by atoms with E-state index >= 15 is 0 Å². The molecule has 0 saturated carbocycles. The fourth-order valence-corrected chi connectivity index (χ4v) is 1.76. The van der Waals surface area contributed by atoms with Crippen molar-refractivity contribution in [3.63, 3.8) is 0 Å². The monoisotopic (exact) mass is 361 g/mol. The van der Waals surface area contributed by atoms with Crippen molar-refractivity contribution < 1.29 is 28.7 Å². The summed E-state index contributed by atoms with van der Waals surface area (Å²) in [5.74, 6) is -2.83. The van der Waals surface area contributed by atoms with Gasteiger partial charge in [0.25, 0.3) is 11.8 Å². The Labute approximate surface area is 150 Å². The first-order valence-corrected chi connectivity index (χ1v) is 7.46. The van der Waals surface area contributed by atoms with Crippen molar-refractivity contribution in [2.45, 2.75) is 13.8 Å². The molecule has 0 aliphatic carbocycles. The summed E-state index contributed by atoms with van der Waals surface area (Å²) in [7, 11) is 2.36. The van der Waals surface area contributed by atoms with Gasteiger partial charge in [0.05, 0.1) is 14.2 Å². The molecule has 1 rings (SSSR count). The summed E-state index contributed by atoms with van der Waals surface area (Å²) in [6.07, 6.45) is 2.74. The molecule has 26 heavy (non-hydrogen) atoms. The number of amides is 2. The average molecular weight is 361 g/mol. The van der Waals surface area contributed by atoms with Gasteiger partial charge in [-0.2, -0.15) is 0 Å². The molecule has 0 unspecified atom stereocenters. The molecule has 0 bridgehead atoms. The first kappa shape index (κ1) is 20.6. The number of esters is 2. The van der Waals surface area contributed by atoms with Crippen LogP contribution in [0.25, 0.3) is 0 Å². The van der Waals surface area contributed by atoms with Crippen LogP contribution in [0.5, 0.6) is 0 Å². The maximum Gasteiger partial charge on any atom is 0.354 e. The minimum absolute atomic E-state index is 0.0592. The van der Waals surface area contributed by atoms with E-state index in [1.165, 1.54) is 44.6 Å². The summed E-state index contributed by atoms with van der Waals surface area (Å²) in [6, 6.07) is 4.18. The number of nitrogens with zero attached hydrogens (tertiary/aromatic N) is 1. The molecule has 2 N–H and O–H groups in total. The molecular formula is C17H19N3O6. The van der Waals surface area contributed by atoms with Crippen molar-refractivity contribution in [1.29, 1.82) is 0 Å². The van der Waals surface area contributed by atoms with Crippen LogP contribution in [0.1, 0.15) is 34.8 Å². The van der Waals surface area contributed by atoms with Gasteiger partial charge in [-0.1, -0.05) is 18.2 Å². The highest BCUT2D eigenvalue weighted by molar-refractivity contribution is 6.02. The Hall–Kier alpha value is -3.49. The van der Waals surface area contributed by atoms with Crippen LogP contribution >= 0.6 is 0 Å². The molecule has 0 saturated heterocycles. The van der Waals surface area contributed by atoms with Gasteiger partial charge in [0.2, 0.25) is 0 Å². The Balaban J connectivity index is 2.97. The average Bonchev–Trinajstić information content (AvgIpc) is 2.68. The number of rotatable bonds is 6. The number of allylic oxidation sites excluding steroid dienone is 2. The number of aromatic nitrogens is 1. The highest BCUT2D eigenvalue weighted by atomic mass is 16.5. The highest BCUT2D eigenvalue weighted by Gasteiger charge is 2.18. The molecule has 0 radical (unpaired) electrons. The van der Waals surface area contributed by atoms with E-state index in [0.717, 1.165) is 0 Å². The summed E-state index contributed by atoms with van der Waals surface area (Å²) in [5, 5.41) is 4.69. The van der Waals surface area contributed by atoms with E-state index in [1.54, 1.807) is 13.8 Å². The van der Waals surface area contributed by atoms with E-state index in [0.29, 0.717) is 0 Å². The first-order valence-electron chi connectivity index (χ1n) is 7.46. The van der Waals surface area contributed by atoms with Crippen molar-refractivity contribution in [1.82, 2.24) is 15.6 Å². The van der Waals surface area contributed by atoms with Gasteiger partial charge in [0.1, 0.15) is 22.8 Å². The van der Waals surface area contributed by atoms with Crippen LogP contribution in [0.4, 0.5) is 0 Å². The van der Waals surface area contributed by atoms with Crippen LogP contribution < -0.4 is 10.6 Å². The second-order valence-corrected chi connectivity index (χ2v) is 4.70. The number of hydrogen-bond acceptors (Lipinski definition) is 7. The largest absolute Gasteiger partial charge is 0.464 e. The Morgan fingerprint density at radius 2 is 1.23 bits per heavy atom. The van der Waals surface area contributed by atoms with Gasteiger partial charge in [-0.3, -0.25) is 9.59 Å². The van der Waals surface area contributed by atoms with Gasteiger partial charge < -0.3 is 20.1 Å². The lowest BCUT2D eigenvalue weighted by Gasteiger charge is -2.09. The quantitative estimate of drug-likeness (QED) is 0.564. The Kier molecular flexibility index (Phi) is 7.68. The molecule has 2 amide bonds. The predicted octanol–water partition coefficient (Wildman–Crippen LogP) is 0.695. The van der Waals surface area contributed by atoms with Crippen LogP contribution in [0, 0.1) is 0 Å². The van der Waals surface area contributed by atoms with E-state index in [1.807, 2.05) is 0 Å². The first-order chi connectivity index (χ1) is 12.4. The Morgan fingerprint density at radius 3 is 1.54 bits per heavy atom. The number of carbonyl (C=O) groups excluding carboxylic acids is 4. The van der Waals surface area contributed by atoms with Crippen molar-refractivity contribution in [3.8, 4) is 0 Å². The normalized spacial score (nSPS) is 11.4. The SMILES string of the molecule is C/C=C(\NC(=O)c1cccc(C(=O)N/C(=C\C)C(=O)OC)n1)C(=O)OC. The lowest BCUT2D eigenvalue weighted by Crippen LogP contribution is -2.31. The second-order valence-electron chi connectivity index (χ2n) is 4.70. The zero-order valence-electron chi connectivity index (χ0n) is 14.8. The molecule has 9 heteroatoms. The fourth-order valence-electron chi connectivity index (χ4n) is 1.76. The number of carbonyl (C=O) groups is 4. The van der Waals surface area contributed by atoms with Gasteiger partial charge >= 0.3 is 11.9 Å². The predicted molar refractivity (Wildman–Crippen MR) is 90.7 cm³/mol. The minimum atomic E-state index is -0.717. The molecule has 138 valence electrons. The van der Waals surface area contributed by atoms with E-state index in [2.05, 4.69) is 25.1 Å². The molecule has 0 fully saturated rings. The molecule has 0 aliphatic rings. The van der Waals surface area contributed by atoms with Crippen molar-refractivity contribution in [2.24, 2.45) is 0 Å². The van der Waals surface area contributed by atoms with Crippen LogP contribution in [0.2, 0.25) is 0 Å². The highest BCUT2D eigenvalue weighted by Crippen LogP contribution is 2.04. The summed E-state index contributed by atoms with van der Waals surface area (Å²) < 4.78 is 9.07. The van der Waals surface area contributed by atoms with Gasteiger partial charge in [-0.05, 0) is 26.0 Å². The molecule has 0 spiro atoms. The maximum atomic E-state index is 12.2. The summed E-state index contributed by atoms with van der Waals surface area (Å²) in [5.41, 5.74) is -0.311. The van der Waals surface area contributed by atoms with Gasteiger partial charge in [-0.15, -0.1) is 0 Å². The molecule has 0 aromatic carbocycles. The van der Waals surface area contributed by atoms with Crippen LogP contribution in [0.3, 0.4) is 0 Å². The van der Waals surface area contributed by atoms with E-state index in [4.69, 9.17) is 0 Å². The number of nitrogens with one attached hydrogen (secondary N) is 2. The molecule has 0 atom stereocenters. The standard InChI is InChI=1S/C17H19N3O6/c1-5-10(16(23)25-3)19-14(21)12-8-7-9-13(18-12)15(22)20-11(6-2)17(24)26-4/h5-9H,1-4H3,(H,19,21)(H,20,22)/b10-5-,11-6-. The van der Waals surface area contributed by atoms with Gasteiger partial charge in [0.15, 0.2) is 0 Å². The maximum absolute atomic E-state index is 12.2. The minimum Gasteiger partial charge on any atom is -0.464 e. The topological polar surface area (TPSA) is 124 Å². The van der Waals surface area contributed by atoms with Crippen LogP contribution in [-0.2, 0) is 19.1 Å². The van der Waals surface area contributed by atoms with Crippen LogP contribution in [0.15, 0.2) is 41.7 Å². The van der Waals surface area contributed by atoms with Crippen LogP contribution in [-0.4, -0.2) is 43.0 Å². The van der Waals surface area contributed by atoms with E-state index in [-0.39, 0.29) is 22.8 Å². The molecule has 0 aliphatic heterocycles. The van der Waals surface area contributed by atoms with E-state index < -0.39 is 23.8 Å². The number of hydrogen-bond donors (Lipinski definition) is 2. The molecule has 9 nitrogen and oxygen atoms in total. The molecule has 1 aromatic rings. The summed E-state index contributed by atoms with van der Waals surface area (Å²) in [6.45, 7) is 3.10. The molecule has 1 heterocycles. The van der Waals surface area contributed by atoms with Crippen molar-refractivity contribution in [2.75, 3.05) is 14.2 Å². The van der Waals surface area contributed by atoms with E-state index in [9.17, 15) is 19.2 Å². The fraction of sp³-hybridized carbons (Fsp3) is 0.235. The number of pyridine rings is 1. The zero-order valence-corrected chi connectivity index (χ0v) is 14.8. The molecule has 1 aromatic heterocycles. The van der Waals surface area contributed by atoms with Gasteiger partial charge in [-0.25, -0.2) is 14.6 Å². The Morgan fingerprint density at radius 1 is 0.846 bits per heavy atom. The summed E-state index contributed by atoms with van der Waals surface area (Å²) >= 11 is 0. The zero-order chi connectivity index (χ0) is 19.7. The van der Waals surface area contributed by atoms with Crippen molar-refractivity contribution >= 4 is 23.8 Å². The second kappa shape index (κ2) is 9.72. The van der Waals surface area contributed by atoms with Crippen molar-refractivity contribution in [3.05, 3.63) is 53.1 Å².